The van der Waals surface area contributed by atoms with Gasteiger partial charge in [0.1, 0.15) is 11.0 Å². The maximum atomic E-state index is 13.2. The molecule has 46 heavy (non-hydrogen) atoms. The SMILES string of the molecule is Cc1ccc(-c2c(C)c3c(c(C)c2CC(=O)O)N(S(C)=O)Cc2cc(NC(=O)Nc4ccccc4-c4ccccc4)ccc2-3)cc1. The molecule has 7 nitrogen and oxygen atoms in total. The van der Waals surface area contributed by atoms with Crippen LogP contribution in [-0.2, 0) is 28.7 Å². The second-order valence-corrected chi connectivity index (χ2v) is 12.9. The normalized spacial score (nSPS) is 12.6. The Kier molecular flexibility index (Phi) is 8.47. The number of carbonyl (C=O) groups is 2. The molecule has 0 saturated carbocycles. The molecular weight excluding hydrogens is 595 g/mol. The minimum Gasteiger partial charge on any atom is -0.481 e. The van der Waals surface area contributed by atoms with Crippen molar-refractivity contribution in [2.75, 3.05) is 21.2 Å². The van der Waals surface area contributed by atoms with Gasteiger partial charge in [-0.25, -0.2) is 9.00 Å². The Bertz CT molecular complexity index is 2010. The van der Waals surface area contributed by atoms with Crippen LogP contribution in [0, 0.1) is 20.8 Å². The zero-order valence-electron chi connectivity index (χ0n) is 26.2. The molecule has 1 aliphatic heterocycles. The fraction of sp³-hybridized carbons (Fsp3) is 0.158. The molecule has 5 aromatic carbocycles. The standard InChI is InChI=1S/C38H35N3O4S/c1-23-14-16-27(17-15-23)35-25(3)36-31-19-18-29(20-28(31)22-41(46(4)45)37(36)24(2)32(35)21-34(42)43)39-38(44)40-33-13-9-8-12-30(33)26-10-6-5-7-11-26/h5-20H,21-22H2,1-4H3,(H,42,43)(H2,39,40,44). The van der Waals surface area contributed by atoms with Crippen molar-refractivity contribution in [1.82, 2.24) is 0 Å². The van der Waals surface area contributed by atoms with Gasteiger partial charge >= 0.3 is 12.0 Å². The third-order valence-electron chi connectivity index (χ3n) is 8.53. The van der Waals surface area contributed by atoms with Crippen LogP contribution in [0.25, 0.3) is 33.4 Å². The molecule has 1 unspecified atom stereocenters. The van der Waals surface area contributed by atoms with Gasteiger partial charge in [0.25, 0.3) is 0 Å². The first-order chi connectivity index (χ1) is 22.1. The van der Waals surface area contributed by atoms with Crippen molar-refractivity contribution in [2.24, 2.45) is 0 Å². The van der Waals surface area contributed by atoms with Crippen LogP contribution in [0.3, 0.4) is 0 Å². The van der Waals surface area contributed by atoms with Crippen LogP contribution in [0.5, 0.6) is 0 Å². The van der Waals surface area contributed by atoms with Gasteiger partial charge in [0, 0.05) is 23.1 Å². The summed E-state index contributed by atoms with van der Waals surface area (Å²) in [6, 6.07) is 31.1. The second-order valence-electron chi connectivity index (χ2n) is 11.6. The first-order valence-corrected chi connectivity index (χ1v) is 16.6. The highest BCUT2D eigenvalue weighted by Crippen LogP contribution is 2.49. The first kappa shape index (κ1) is 30.8. The lowest BCUT2D eigenvalue weighted by atomic mass is 9.81. The lowest BCUT2D eigenvalue weighted by Gasteiger charge is -2.35. The molecule has 1 aliphatic rings. The van der Waals surface area contributed by atoms with E-state index in [9.17, 15) is 18.9 Å². The highest BCUT2D eigenvalue weighted by Gasteiger charge is 2.32. The molecule has 1 heterocycles. The molecule has 2 amide bonds. The average molecular weight is 630 g/mol. The number of urea groups is 1. The van der Waals surface area contributed by atoms with E-state index in [1.165, 1.54) is 0 Å². The number of benzene rings is 5. The number of carboxylic acid groups (broad SMARTS) is 1. The zero-order valence-corrected chi connectivity index (χ0v) is 27.0. The van der Waals surface area contributed by atoms with Crippen molar-refractivity contribution in [1.29, 1.82) is 0 Å². The van der Waals surface area contributed by atoms with Gasteiger partial charge in [0.05, 0.1) is 24.3 Å². The Labute approximate surface area is 271 Å². The summed E-state index contributed by atoms with van der Waals surface area (Å²) in [5.41, 5.74) is 12.2. The molecule has 0 fully saturated rings. The molecule has 6 rings (SSSR count). The number of para-hydroxylation sites is 1. The van der Waals surface area contributed by atoms with Gasteiger partial charge in [-0.15, -0.1) is 0 Å². The van der Waals surface area contributed by atoms with Crippen molar-refractivity contribution in [3.05, 3.63) is 125 Å². The monoisotopic (exact) mass is 629 g/mol. The first-order valence-electron chi connectivity index (χ1n) is 15.0. The molecule has 232 valence electrons. The third kappa shape index (κ3) is 5.91. The van der Waals surface area contributed by atoms with Gasteiger partial charge in [-0.1, -0.05) is 84.4 Å². The summed E-state index contributed by atoms with van der Waals surface area (Å²) in [4.78, 5) is 25.3. The number of fused-ring (bicyclic) bond motifs is 3. The van der Waals surface area contributed by atoms with Gasteiger partial charge in [0.15, 0.2) is 0 Å². The molecule has 3 N–H and O–H groups in total. The number of nitrogens with one attached hydrogen (secondary N) is 2. The topological polar surface area (TPSA) is 98.7 Å². The average Bonchev–Trinajstić information content (AvgIpc) is 3.03. The number of carbonyl (C=O) groups excluding carboxylic acids is 1. The fourth-order valence-corrected chi connectivity index (χ4v) is 7.22. The lowest BCUT2D eigenvalue weighted by Crippen LogP contribution is -2.30. The van der Waals surface area contributed by atoms with Crippen LogP contribution in [0.1, 0.15) is 27.8 Å². The Morgan fingerprint density at radius 1 is 0.783 bits per heavy atom. The Hall–Kier alpha value is -5.21. The van der Waals surface area contributed by atoms with E-state index in [1.807, 2.05) is 122 Å². The minimum absolute atomic E-state index is 0.147. The zero-order chi connectivity index (χ0) is 32.5. The van der Waals surface area contributed by atoms with Crippen molar-refractivity contribution >= 4 is 40.0 Å². The molecule has 0 saturated heterocycles. The Balaban J connectivity index is 1.40. The number of rotatable bonds is 7. The molecule has 0 spiro atoms. The van der Waals surface area contributed by atoms with E-state index >= 15 is 0 Å². The second kappa shape index (κ2) is 12.7. The minimum atomic E-state index is -1.39. The van der Waals surface area contributed by atoms with Crippen LogP contribution in [0.2, 0.25) is 0 Å². The summed E-state index contributed by atoms with van der Waals surface area (Å²) in [6.45, 7) is 6.29. The van der Waals surface area contributed by atoms with Gasteiger partial charge in [-0.05, 0) is 83.5 Å². The smallest absolute Gasteiger partial charge is 0.323 e. The van der Waals surface area contributed by atoms with Crippen LogP contribution >= 0.6 is 0 Å². The Morgan fingerprint density at radius 2 is 1.48 bits per heavy atom. The molecule has 8 heteroatoms. The van der Waals surface area contributed by atoms with Crippen molar-refractivity contribution < 1.29 is 18.9 Å². The summed E-state index contributed by atoms with van der Waals surface area (Å²) >= 11 is 0. The van der Waals surface area contributed by atoms with Crippen molar-refractivity contribution in [3.63, 3.8) is 0 Å². The largest absolute Gasteiger partial charge is 0.481 e. The lowest BCUT2D eigenvalue weighted by molar-refractivity contribution is -0.136. The van der Waals surface area contributed by atoms with Gasteiger partial charge in [-0.2, -0.15) is 0 Å². The summed E-state index contributed by atoms with van der Waals surface area (Å²) in [5, 5.41) is 15.9. The van der Waals surface area contributed by atoms with Gasteiger partial charge < -0.3 is 15.7 Å². The summed E-state index contributed by atoms with van der Waals surface area (Å²) in [5.74, 6) is -0.920. The number of hydrogen-bond donors (Lipinski definition) is 3. The fourth-order valence-electron chi connectivity index (χ4n) is 6.42. The number of aryl methyl sites for hydroxylation is 1. The summed E-state index contributed by atoms with van der Waals surface area (Å²) < 4.78 is 15.0. The van der Waals surface area contributed by atoms with Gasteiger partial charge in [-0.3, -0.25) is 9.10 Å². The third-order valence-corrected chi connectivity index (χ3v) is 9.46. The van der Waals surface area contributed by atoms with Crippen LogP contribution < -0.4 is 14.9 Å². The van der Waals surface area contributed by atoms with E-state index in [4.69, 9.17) is 0 Å². The molecule has 0 aromatic heterocycles. The molecule has 0 aliphatic carbocycles. The van der Waals surface area contributed by atoms with Crippen LogP contribution in [-0.4, -0.2) is 27.6 Å². The number of aliphatic carboxylic acids is 1. The molecule has 5 aromatic rings. The van der Waals surface area contributed by atoms with Crippen LogP contribution in [0.15, 0.2) is 97.1 Å². The molecule has 0 radical (unpaired) electrons. The van der Waals surface area contributed by atoms with Crippen molar-refractivity contribution in [3.8, 4) is 33.4 Å². The van der Waals surface area contributed by atoms with E-state index < -0.39 is 17.0 Å². The van der Waals surface area contributed by atoms with E-state index in [2.05, 4.69) is 10.6 Å². The molecular formula is C38H35N3O4S. The number of anilines is 3. The predicted molar refractivity (Wildman–Crippen MR) is 188 cm³/mol. The highest BCUT2D eigenvalue weighted by atomic mass is 32.2. The van der Waals surface area contributed by atoms with E-state index in [1.54, 1.807) is 6.26 Å². The van der Waals surface area contributed by atoms with Crippen LogP contribution in [0.4, 0.5) is 21.9 Å². The van der Waals surface area contributed by atoms with E-state index in [0.717, 1.165) is 66.9 Å². The number of nitrogens with zero attached hydrogens (tertiary/aromatic N) is 1. The maximum absolute atomic E-state index is 13.2. The highest BCUT2D eigenvalue weighted by molar-refractivity contribution is 7.85. The van der Waals surface area contributed by atoms with Crippen molar-refractivity contribution in [2.45, 2.75) is 33.7 Å². The number of amides is 2. The number of carboxylic acids is 1. The van der Waals surface area contributed by atoms with E-state index in [0.29, 0.717) is 17.9 Å². The predicted octanol–water partition coefficient (Wildman–Crippen LogP) is 8.50. The summed E-state index contributed by atoms with van der Waals surface area (Å²) in [6.07, 6.45) is 1.49. The van der Waals surface area contributed by atoms with Gasteiger partial charge in [0.2, 0.25) is 0 Å². The Morgan fingerprint density at radius 3 is 2.17 bits per heavy atom. The van der Waals surface area contributed by atoms with E-state index in [-0.39, 0.29) is 12.5 Å². The molecule has 1 atom stereocenters. The maximum Gasteiger partial charge on any atom is 0.323 e. The summed E-state index contributed by atoms with van der Waals surface area (Å²) in [7, 11) is -1.39. The quantitative estimate of drug-likeness (QED) is 0.168. The number of hydrogen-bond acceptors (Lipinski definition) is 3. The molecule has 0 bridgehead atoms.